The lowest BCUT2D eigenvalue weighted by atomic mass is 10.2. The number of aliphatic hydroxyl groups excluding tert-OH is 2. The van der Waals surface area contributed by atoms with Crippen molar-refractivity contribution in [2.75, 3.05) is 19.8 Å². The van der Waals surface area contributed by atoms with Crippen LogP contribution in [0.5, 0.6) is 0 Å². The first-order valence-corrected chi connectivity index (χ1v) is 4.68. The summed E-state index contributed by atoms with van der Waals surface area (Å²) in [4.78, 5) is 0. The van der Waals surface area contributed by atoms with E-state index >= 15 is 0 Å². The van der Waals surface area contributed by atoms with Crippen molar-refractivity contribution >= 4 is 0 Å². The average molecular weight is 198 g/mol. The SMILES string of the molecule is CCOCc1ccccc1.OCCO. The summed E-state index contributed by atoms with van der Waals surface area (Å²) >= 11 is 0. The summed E-state index contributed by atoms with van der Waals surface area (Å²) in [6.07, 6.45) is 0. The second-order valence-electron chi connectivity index (χ2n) is 2.57. The summed E-state index contributed by atoms with van der Waals surface area (Å²) in [5.74, 6) is 0. The number of aliphatic hydroxyl groups is 2. The van der Waals surface area contributed by atoms with E-state index in [1.807, 2.05) is 25.1 Å². The predicted molar refractivity (Wildman–Crippen MR) is 55.9 cm³/mol. The van der Waals surface area contributed by atoms with Crippen molar-refractivity contribution in [2.45, 2.75) is 13.5 Å². The van der Waals surface area contributed by atoms with E-state index in [2.05, 4.69) is 12.1 Å². The molecule has 0 aliphatic rings. The fourth-order valence-corrected chi connectivity index (χ4v) is 0.794. The van der Waals surface area contributed by atoms with Gasteiger partial charge in [0.2, 0.25) is 0 Å². The van der Waals surface area contributed by atoms with Gasteiger partial charge < -0.3 is 14.9 Å². The molecule has 0 aliphatic heterocycles. The van der Waals surface area contributed by atoms with Crippen LogP contribution in [0.2, 0.25) is 0 Å². The largest absolute Gasteiger partial charge is 0.394 e. The zero-order valence-electron chi connectivity index (χ0n) is 8.52. The molecule has 0 radical (unpaired) electrons. The second kappa shape index (κ2) is 10.2. The van der Waals surface area contributed by atoms with E-state index in [-0.39, 0.29) is 13.2 Å². The highest BCUT2D eigenvalue weighted by atomic mass is 16.5. The van der Waals surface area contributed by atoms with Gasteiger partial charge in [-0.15, -0.1) is 0 Å². The van der Waals surface area contributed by atoms with Gasteiger partial charge in [-0.25, -0.2) is 0 Å². The lowest BCUT2D eigenvalue weighted by Gasteiger charge is -1.98. The third-order valence-electron chi connectivity index (χ3n) is 1.42. The molecule has 0 saturated carbocycles. The summed E-state index contributed by atoms with van der Waals surface area (Å²) in [5, 5.41) is 15.2. The first-order chi connectivity index (χ1) is 6.85. The summed E-state index contributed by atoms with van der Waals surface area (Å²) < 4.78 is 5.22. The summed E-state index contributed by atoms with van der Waals surface area (Å²) in [6, 6.07) is 10.2. The maximum Gasteiger partial charge on any atom is 0.0716 e. The Morgan fingerprint density at radius 2 is 1.64 bits per heavy atom. The second-order valence-corrected chi connectivity index (χ2v) is 2.57. The molecular formula is C11H18O3. The van der Waals surface area contributed by atoms with Crippen LogP contribution >= 0.6 is 0 Å². The lowest BCUT2D eigenvalue weighted by Crippen LogP contribution is -1.90. The Hall–Kier alpha value is -0.900. The Labute approximate surface area is 85.0 Å². The minimum Gasteiger partial charge on any atom is -0.394 e. The Morgan fingerprint density at radius 3 is 2.07 bits per heavy atom. The number of benzene rings is 1. The van der Waals surface area contributed by atoms with Gasteiger partial charge in [-0.2, -0.15) is 0 Å². The molecule has 0 bridgehead atoms. The van der Waals surface area contributed by atoms with Crippen LogP contribution in [0.3, 0.4) is 0 Å². The molecule has 80 valence electrons. The fourth-order valence-electron chi connectivity index (χ4n) is 0.794. The summed E-state index contributed by atoms with van der Waals surface area (Å²) in [7, 11) is 0. The average Bonchev–Trinajstić information content (AvgIpc) is 2.28. The first kappa shape index (κ1) is 13.1. The van der Waals surface area contributed by atoms with E-state index in [9.17, 15) is 0 Å². The van der Waals surface area contributed by atoms with Gasteiger partial charge in [0.1, 0.15) is 0 Å². The van der Waals surface area contributed by atoms with Gasteiger partial charge in [0.15, 0.2) is 0 Å². The molecule has 1 aromatic rings. The van der Waals surface area contributed by atoms with E-state index in [1.54, 1.807) is 0 Å². The van der Waals surface area contributed by atoms with E-state index in [4.69, 9.17) is 14.9 Å². The zero-order chi connectivity index (χ0) is 10.6. The van der Waals surface area contributed by atoms with Crippen molar-refractivity contribution in [1.29, 1.82) is 0 Å². The number of rotatable bonds is 4. The van der Waals surface area contributed by atoms with Crippen LogP contribution in [-0.2, 0) is 11.3 Å². The molecule has 0 amide bonds. The molecule has 0 heterocycles. The van der Waals surface area contributed by atoms with Crippen molar-refractivity contribution in [2.24, 2.45) is 0 Å². The molecule has 1 aromatic carbocycles. The van der Waals surface area contributed by atoms with E-state index in [0.717, 1.165) is 13.2 Å². The molecule has 0 fully saturated rings. The minimum absolute atomic E-state index is 0.125. The third kappa shape index (κ3) is 7.73. The minimum atomic E-state index is -0.125. The Kier molecular flexibility index (Phi) is 9.53. The maximum absolute atomic E-state index is 7.62. The molecule has 14 heavy (non-hydrogen) atoms. The van der Waals surface area contributed by atoms with Crippen molar-refractivity contribution in [1.82, 2.24) is 0 Å². The van der Waals surface area contributed by atoms with Gasteiger partial charge in [-0.3, -0.25) is 0 Å². The lowest BCUT2D eigenvalue weighted by molar-refractivity contribution is 0.134. The van der Waals surface area contributed by atoms with Crippen LogP contribution in [0.25, 0.3) is 0 Å². The molecule has 2 N–H and O–H groups in total. The molecule has 0 aromatic heterocycles. The highest BCUT2D eigenvalue weighted by Crippen LogP contribution is 1.99. The highest BCUT2D eigenvalue weighted by Gasteiger charge is 1.86. The fraction of sp³-hybridized carbons (Fsp3) is 0.455. The monoisotopic (exact) mass is 198 g/mol. The molecule has 3 nitrogen and oxygen atoms in total. The van der Waals surface area contributed by atoms with Gasteiger partial charge in [0.25, 0.3) is 0 Å². The van der Waals surface area contributed by atoms with Crippen LogP contribution in [0.1, 0.15) is 12.5 Å². The van der Waals surface area contributed by atoms with Crippen molar-refractivity contribution < 1.29 is 14.9 Å². The first-order valence-electron chi connectivity index (χ1n) is 4.68. The molecule has 1 rings (SSSR count). The molecule has 0 spiro atoms. The van der Waals surface area contributed by atoms with Gasteiger partial charge in [0.05, 0.1) is 19.8 Å². The summed E-state index contributed by atoms with van der Waals surface area (Å²) in [6.45, 7) is 3.27. The van der Waals surface area contributed by atoms with Gasteiger partial charge in [0, 0.05) is 6.61 Å². The van der Waals surface area contributed by atoms with Crippen LogP contribution in [0.15, 0.2) is 30.3 Å². The highest BCUT2D eigenvalue weighted by molar-refractivity contribution is 5.13. The standard InChI is InChI=1S/C9H12O.C2H6O2/c1-2-10-8-9-6-4-3-5-7-9;3-1-2-4/h3-7H,2,8H2,1H3;3-4H,1-2H2. The molecule has 0 atom stereocenters. The van der Waals surface area contributed by atoms with Gasteiger partial charge in [-0.05, 0) is 12.5 Å². The van der Waals surface area contributed by atoms with Crippen molar-refractivity contribution in [3.63, 3.8) is 0 Å². The van der Waals surface area contributed by atoms with Crippen LogP contribution in [0, 0.1) is 0 Å². The van der Waals surface area contributed by atoms with Gasteiger partial charge in [-0.1, -0.05) is 30.3 Å². The molecule has 0 aliphatic carbocycles. The molecule has 0 unspecified atom stereocenters. The third-order valence-corrected chi connectivity index (χ3v) is 1.42. The van der Waals surface area contributed by atoms with E-state index < -0.39 is 0 Å². The Morgan fingerprint density at radius 1 is 1.07 bits per heavy atom. The normalized spacial score (nSPS) is 9.07. The van der Waals surface area contributed by atoms with Crippen molar-refractivity contribution in [3.8, 4) is 0 Å². The molecular weight excluding hydrogens is 180 g/mol. The molecule has 3 heteroatoms. The Balaban J connectivity index is 0.000000364. The number of hydrogen-bond acceptors (Lipinski definition) is 3. The van der Waals surface area contributed by atoms with Crippen molar-refractivity contribution in [3.05, 3.63) is 35.9 Å². The number of hydrogen-bond donors (Lipinski definition) is 2. The zero-order valence-corrected chi connectivity index (χ0v) is 8.52. The maximum atomic E-state index is 7.62. The van der Waals surface area contributed by atoms with E-state index in [0.29, 0.717) is 0 Å². The van der Waals surface area contributed by atoms with Crippen LogP contribution < -0.4 is 0 Å². The summed E-state index contributed by atoms with van der Waals surface area (Å²) in [5.41, 5.74) is 1.24. The topological polar surface area (TPSA) is 49.7 Å². The van der Waals surface area contributed by atoms with Gasteiger partial charge >= 0.3 is 0 Å². The quantitative estimate of drug-likeness (QED) is 0.764. The Bertz CT molecular complexity index is 197. The predicted octanol–water partition coefficient (Wildman–Crippen LogP) is 1.19. The van der Waals surface area contributed by atoms with E-state index in [1.165, 1.54) is 5.56 Å². The van der Waals surface area contributed by atoms with Crippen LogP contribution in [0.4, 0.5) is 0 Å². The molecule has 0 saturated heterocycles. The smallest absolute Gasteiger partial charge is 0.0716 e. The number of ether oxygens (including phenoxy) is 1. The van der Waals surface area contributed by atoms with Crippen LogP contribution in [-0.4, -0.2) is 30.0 Å².